The minimum absolute atomic E-state index is 0.102. The second-order valence-corrected chi connectivity index (χ2v) is 8.38. The molecule has 0 saturated heterocycles. The molecule has 1 aliphatic heterocycles. The van der Waals surface area contributed by atoms with Crippen molar-refractivity contribution in [2.75, 3.05) is 21.0 Å². The number of nitrogens with one attached hydrogen (secondary N) is 1. The van der Waals surface area contributed by atoms with E-state index in [1.54, 1.807) is 19.1 Å². The number of aryl methyl sites for hydroxylation is 1. The molecule has 3 aromatic rings. The molecule has 35 heavy (non-hydrogen) atoms. The Kier molecular flexibility index (Phi) is 7.88. The Balaban J connectivity index is 1.58. The third kappa shape index (κ3) is 6.12. The molecule has 4 rings (SSSR count). The number of rotatable bonds is 10. The maximum absolute atomic E-state index is 13.6. The quantitative estimate of drug-likeness (QED) is 0.484. The molecule has 7 nitrogen and oxygen atoms in total. The Labute approximate surface area is 205 Å². The van der Waals surface area contributed by atoms with Crippen LogP contribution in [0.3, 0.4) is 0 Å². The molecule has 1 aliphatic rings. The van der Waals surface area contributed by atoms with Crippen molar-refractivity contribution in [1.29, 1.82) is 0 Å². The highest BCUT2D eigenvalue weighted by molar-refractivity contribution is 5.88. The van der Waals surface area contributed by atoms with Crippen molar-refractivity contribution in [2.24, 2.45) is 0 Å². The van der Waals surface area contributed by atoms with E-state index in [4.69, 9.17) is 14.2 Å². The maximum Gasteiger partial charge on any atom is 0.242 e. The molecule has 0 unspecified atom stereocenters. The molecule has 1 atom stereocenters. The van der Waals surface area contributed by atoms with Crippen LogP contribution in [-0.4, -0.2) is 43.7 Å². The number of amides is 2. The van der Waals surface area contributed by atoms with Crippen molar-refractivity contribution in [3.63, 3.8) is 0 Å². The van der Waals surface area contributed by atoms with E-state index in [9.17, 15) is 9.59 Å². The van der Waals surface area contributed by atoms with Crippen LogP contribution in [-0.2, 0) is 29.0 Å². The van der Waals surface area contributed by atoms with Gasteiger partial charge in [0.2, 0.25) is 18.6 Å². The molecule has 2 amide bonds. The largest absolute Gasteiger partial charge is 0.497 e. The summed E-state index contributed by atoms with van der Waals surface area (Å²) in [6, 6.07) is 22.4. The van der Waals surface area contributed by atoms with Gasteiger partial charge in [0, 0.05) is 26.4 Å². The molecule has 7 heteroatoms. The van der Waals surface area contributed by atoms with Crippen LogP contribution in [0.2, 0.25) is 0 Å². The third-order valence-corrected chi connectivity index (χ3v) is 6.07. The molecule has 0 radical (unpaired) electrons. The Bertz CT molecular complexity index is 1170. The summed E-state index contributed by atoms with van der Waals surface area (Å²) in [6.07, 6.45) is 1.20. The van der Waals surface area contributed by atoms with Gasteiger partial charge in [-0.3, -0.25) is 9.59 Å². The van der Waals surface area contributed by atoms with Crippen molar-refractivity contribution in [3.8, 4) is 17.2 Å². The highest BCUT2D eigenvalue weighted by atomic mass is 16.7. The Morgan fingerprint density at radius 1 is 0.943 bits per heavy atom. The summed E-state index contributed by atoms with van der Waals surface area (Å²) >= 11 is 0. The Hall–Kier alpha value is -4.00. The van der Waals surface area contributed by atoms with Gasteiger partial charge in [-0.05, 0) is 47.4 Å². The highest BCUT2D eigenvalue weighted by Crippen LogP contribution is 2.33. The summed E-state index contributed by atoms with van der Waals surface area (Å²) in [5, 5.41) is 2.74. The summed E-state index contributed by atoms with van der Waals surface area (Å²) in [4.78, 5) is 28.3. The summed E-state index contributed by atoms with van der Waals surface area (Å²) in [5.74, 6) is 1.80. The number of hydrogen-bond acceptors (Lipinski definition) is 5. The predicted molar refractivity (Wildman–Crippen MR) is 132 cm³/mol. The standard InChI is InChI=1S/C28H30N2O5/c1-29-28(32)24(16-20-7-4-3-5-8-20)30(18-22-9-6-10-23(15-22)33-2)27(31)14-12-21-11-13-25-26(17-21)35-19-34-25/h3-11,13,15,17,24H,12,14,16,18-19H2,1-2H3,(H,29,32)/t24-/m0/s1. The van der Waals surface area contributed by atoms with Gasteiger partial charge in [-0.2, -0.15) is 0 Å². The van der Waals surface area contributed by atoms with E-state index in [0.717, 1.165) is 16.7 Å². The number of hydrogen-bond donors (Lipinski definition) is 1. The van der Waals surface area contributed by atoms with Gasteiger partial charge in [-0.25, -0.2) is 0 Å². The van der Waals surface area contributed by atoms with Crippen LogP contribution in [0.5, 0.6) is 17.2 Å². The second-order valence-electron chi connectivity index (χ2n) is 8.38. The van der Waals surface area contributed by atoms with E-state index in [-0.39, 0.29) is 25.0 Å². The average molecular weight is 475 g/mol. The number of carbonyl (C=O) groups excluding carboxylic acids is 2. The van der Waals surface area contributed by atoms with Crippen LogP contribution < -0.4 is 19.5 Å². The van der Waals surface area contributed by atoms with Crippen LogP contribution in [0.4, 0.5) is 0 Å². The Morgan fingerprint density at radius 3 is 2.49 bits per heavy atom. The lowest BCUT2D eigenvalue weighted by atomic mass is 10.0. The van der Waals surface area contributed by atoms with Gasteiger partial charge in [0.15, 0.2) is 11.5 Å². The monoisotopic (exact) mass is 474 g/mol. The minimum atomic E-state index is -0.655. The van der Waals surface area contributed by atoms with E-state index >= 15 is 0 Å². The predicted octanol–water partition coefficient (Wildman–Crippen LogP) is 3.74. The smallest absolute Gasteiger partial charge is 0.242 e. The minimum Gasteiger partial charge on any atom is -0.497 e. The number of ether oxygens (including phenoxy) is 3. The van der Waals surface area contributed by atoms with Crippen LogP contribution in [0.1, 0.15) is 23.1 Å². The normalized spacial score (nSPS) is 12.6. The van der Waals surface area contributed by atoms with Gasteiger partial charge in [-0.15, -0.1) is 0 Å². The van der Waals surface area contributed by atoms with Gasteiger partial charge in [0.1, 0.15) is 11.8 Å². The topological polar surface area (TPSA) is 77.1 Å². The first-order valence-corrected chi connectivity index (χ1v) is 11.6. The Morgan fingerprint density at radius 2 is 1.71 bits per heavy atom. The van der Waals surface area contributed by atoms with E-state index in [1.165, 1.54) is 0 Å². The van der Waals surface area contributed by atoms with Crippen molar-refractivity contribution < 1.29 is 23.8 Å². The van der Waals surface area contributed by atoms with E-state index in [0.29, 0.717) is 36.6 Å². The molecule has 0 saturated carbocycles. The molecule has 0 bridgehead atoms. The van der Waals surface area contributed by atoms with E-state index in [2.05, 4.69) is 5.32 Å². The van der Waals surface area contributed by atoms with E-state index < -0.39 is 6.04 Å². The molecule has 182 valence electrons. The molecular formula is C28H30N2O5. The fourth-order valence-electron chi connectivity index (χ4n) is 4.18. The lowest BCUT2D eigenvalue weighted by Gasteiger charge is -2.31. The average Bonchev–Trinajstić information content (AvgIpc) is 3.37. The molecule has 1 N–H and O–H groups in total. The third-order valence-electron chi connectivity index (χ3n) is 6.07. The first-order valence-electron chi connectivity index (χ1n) is 11.6. The lowest BCUT2D eigenvalue weighted by Crippen LogP contribution is -2.49. The molecule has 1 heterocycles. The molecule has 0 aliphatic carbocycles. The molecule has 0 fully saturated rings. The summed E-state index contributed by atoms with van der Waals surface area (Å²) in [5.41, 5.74) is 2.85. The van der Waals surface area contributed by atoms with E-state index in [1.807, 2.05) is 72.8 Å². The van der Waals surface area contributed by atoms with Gasteiger partial charge in [0.05, 0.1) is 7.11 Å². The number of likely N-dealkylation sites (N-methyl/N-ethyl adjacent to an activating group) is 1. The lowest BCUT2D eigenvalue weighted by molar-refractivity contribution is -0.141. The van der Waals surface area contributed by atoms with Crippen molar-refractivity contribution in [3.05, 3.63) is 89.5 Å². The second kappa shape index (κ2) is 11.4. The van der Waals surface area contributed by atoms with Gasteiger partial charge >= 0.3 is 0 Å². The molecule has 3 aromatic carbocycles. The molecule has 0 aromatic heterocycles. The van der Waals surface area contributed by atoms with Gasteiger partial charge in [0.25, 0.3) is 0 Å². The van der Waals surface area contributed by atoms with Crippen LogP contribution in [0, 0.1) is 0 Å². The molecular weight excluding hydrogens is 444 g/mol. The maximum atomic E-state index is 13.6. The zero-order valence-electron chi connectivity index (χ0n) is 20.0. The number of fused-ring (bicyclic) bond motifs is 1. The fraction of sp³-hybridized carbons (Fsp3) is 0.286. The first-order chi connectivity index (χ1) is 17.1. The van der Waals surface area contributed by atoms with Gasteiger partial charge < -0.3 is 24.4 Å². The number of carbonyl (C=O) groups is 2. The van der Waals surface area contributed by atoms with Crippen LogP contribution >= 0.6 is 0 Å². The van der Waals surface area contributed by atoms with Crippen LogP contribution in [0.25, 0.3) is 0 Å². The van der Waals surface area contributed by atoms with Crippen molar-refractivity contribution >= 4 is 11.8 Å². The zero-order chi connectivity index (χ0) is 24.6. The molecule has 0 spiro atoms. The fourth-order valence-corrected chi connectivity index (χ4v) is 4.18. The van der Waals surface area contributed by atoms with Crippen LogP contribution in [0.15, 0.2) is 72.8 Å². The number of nitrogens with zero attached hydrogens (tertiary/aromatic N) is 1. The summed E-state index contributed by atoms with van der Waals surface area (Å²) in [6.45, 7) is 0.501. The van der Waals surface area contributed by atoms with Crippen molar-refractivity contribution in [2.45, 2.75) is 31.8 Å². The summed E-state index contributed by atoms with van der Waals surface area (Å²) < 4.78 is 16.2. The number of benzene rings is 3. The first kappa shape index (κ1) is 24.1. The summed E-state index contributed by atoms with van der Waals surface area (Å²) in [7, 11) is 3.21. The number of methoxy groups -OCH3 is 1. The zero-order valence-corrected chi connectivity index (χ0v) is 20.0. The highest BCUT2D eigenvalue weighted by Gasteiger charge is 2.29. The SMILES string of the molecule is CNC(=O)[C@H](Cc1ccccc1)N(Cc1cccc(OC)c1)C(=O)CCc1ccc2c(c1)OCO2. The van der Waals surface area contributed by atoms with Gasteiger partial charge in [-0.1, -0.05) is 48.5 Å². The van der Waals surface area contributed by atoms with Crippen molar-refractivity contribution in [1.82, 2.24) is 10.2 Å².